The summed E-state index contributed by atoms with van der Waals surface area (Å²) in [6.07, 6.45) is 3.05. The van der Waals surface area contributed by atoms with E-state index < -0.39 is 0 Å². The number of carbonyl (C=O) groups is 1. The first-order valence-corrected chi connectivity index (χ1v) is 11.5. The van der Waals surface area contributed by atoms with Gasteiger partial charge in [-0.1, -0.05) is 74.0 Å². The number of nitrogens with zero attached hydrogens (tertiary/aromatic N) is 1. The molecule has 0 saturated heterocycles. The molecule has 0 aromatic heterocycles. The predicted octanol–water partition coefficient (Wildman–Crippen LogP) is 4.94. The molecule has 0 aliphatic carbocycles. The van der Waals surface area contributed by atoms with Crippen molar-refractivity contribution in [2.75, 3.05) is 6.54 Å². The van der Waals surface area contributed by atoms with Crippen LogP contribution in [0.4, 0.5) is 0 Å². The number of hydrogen-bond acceptors (Lipinski definition) is 3. The minimum Gasteiger partial charge on any atom is -0.390 e. The number of amides is 1. The first-order valence-electron chi connectivity index (χ1n) is 10.5. The lowest BCUT2D eigenvalue weighted by Crippen LogP contribution is -2.31. The Bertz CT molecular complexity index is 781. The molecule has 1 aliphatic rings. The third-order valence-corrected chi connectivity index (χ3v) is 7.60. The summed E-state index contributed by atoms with van der Waals surface area (Å²) in [5.74, 6) is 0.478. The van der Waals surface area contributed by atoms with E-state index in [1.165, 1.54) is 23.4 Å². The minimum absolute atomic E-state index is 0.118. The maximum atomic E-state index is 11.3. The topological polar surface area (TPSA) is 50.7 Å². The molecule has 29 heavy (non-hydrogen) atoms. The van der Waals surface area contributed by atoms with Crippen molar-refractivity contribution < 1.29 is 9.63 Å². The van der Waals surface area contributed by atoms with Crippen LogP contribution < -0.4 is 10.6 Å². The zero-order chi connectivity index (χ0) is 21.8. The van der Waals surface area contributed by atoms with Crippen molar-refractivity contribution in [3.63, 3.8) is 0 Å². The highest BCUT2D eigenvalue weighted by Crippen LogP contribution is 2.44. The number of rotatable bonds is 9. The first kappa shape index (κ1) is 23.6. The van der Waals surface area contributed by atoms with Crippen LogP contribution in [-0.2, 0) is 9.63 Å². The Morgan fingerprint density at radius 1 is 1.38 bits per heavy atom. The highest BCUT2D eigenvalue weighted by atomic mass is 31.1. The van der Waals surface area contributed by atoms with Crippen LogP contribution >= 0.6 is 8.58 Å². The van der Waals surface area contributed by atoms with E-state index >= 15 is 0 Å². The largest absolute Gasteiger partial charge is 0.390 e. The third kappa shape index (κ3) is 6.67. The maximum Gasteiger partial charge on any atom is 0.243 e. The van der Waals surface area contributed by atoms with Crippen LogP contribution in [0.2, 0.25) is 0 Å². The SMILES string of the molecule is C=CC(=O)NCC1CC(c2ccc(PC(C)(C)CC(C)(C)C(C)C)c(C)c2)=NO1. The summed E-state index contributed by atoms with van der Waals surface area (Å²) in [6.45, 7) is 20.3. The van der Waals surface area contributed by atoms with Crippen LogP contribution in [-0.4, -0.2) is 29.4 Å². The molecule has 4 nitrogen and oxygen atoms in total. The number of hydrogen-bond donors (Lipinski definition) is 1. The van der Waals surface area contributed by atoms with Crippen molar-refractivity contribution in [3.05, 3.63) is 42.0 Å². The van der Waals surface area contributed by atoms with E-state index in [2.05, 4.69) is 83.7 Å². The van der Waals surface area contributed by atoms with Gasteiger partial charge in [0.15, 0.2) is 0 Å². The van der Waals surface area contributed by atoms with Crippen molar-refractivity contribution in [1.82, 2.24) is 5.32 Å². The predicted molar refractivity (Wildman–Crippen MR) is 126 cm³/mol. The zero-order valence-corrected chi connectivity index (χ0v) is 20.1. The van der Waals surface area contributed by atoms with Gasteiger partial charge in [0, 0.05) is 6.42 Å². The number of carbonyl (C=O) groups excluding carboxylic acids is 1. The molecular weight excluding hydrogens is 379 g/mol. The van der Waals surface area contributed by atoms with Crippen molar-refractivity contribution in [3.8, 4) is 0 Å². The lowest BCUT2D eigenvalue weighted by Gasteiger charge is -2.38. The highest BCUT2D eigenvalue weighted by Gasteiger charge is 2.32. The van der Waals surface area contributed by atoms with E-state index in [4.69, 9.17) is 4.84 Å². The molecule has 0 fully saturated rings. The Labute approximate surface area is 178 Å². The summed E-state index contributed by atoms with van der Waals surface area (Å²) in [5.41, 5.74) is 3.69. The van der Waals surface area contributed by atoms with Crippen molar-refractivity contribution in [2.45, 2.75) is 72.6 Å². The van der Waals surface area contributed by atoms with Crippen LogP contribution in [0.5, 0.6) is 0 Å². The van der Waals surface area contributed by atoms with Crippen LogP contribution in [0.15, 0.2) is 36.0 Å². The molecule has 5 heteroatoms. The van der Waals surface area contributed by atoms with Gasteiger partial charge in [-0.15, -0.1) is 0 Å². The molecule has 2 rings (SSSR count). The van der Waals surface area contributed by atoms with Crippen molar-refractivity contribution >= 4 is 25.5 Å². The summed E-state index contributed by atoms with van der Waals surface area (Å²) in [5, 5.41) is 8.70. The van der Waals surface area contributed by atoms with E-state index in [1.54, 1.807) is 0 Å². The summed E-state index contributed by atoms with van der Waals surface area (Å²) in [7, 11) is 0.767. The zero-order valence-electron chi connectivity index (χ0n) is 19.1. The molecule has 1 aromatic rings. The number of nitrogens with one attached hydrogen (secondary N) is 1. The molecule has 160 valence electrons. The van der Waals surface area contributed by atoms with Crippen LogP contribution in [0.1, 0.15) is 65.5 Å². The molecule has 1 heterocycles. The highest BCUT2D eigenvalue weighted by molar-refractivity contribution is 7.49. The normalized spacial score (nSPS) is 17.5. The summed E-state index contributed by atoms with van der Waals surface area (Å²) >= 11 is 0. The quantitative estimate of drug-likeness (QED) is 0.458. The summed E-state index contributed by atoms with van der Waals surface area (Å²) in [4.78, 5) is 16.8. The fourth-order valence-electron chi connectivity index (χ4n) is 3.73. The molecule has 0 saturated carbocycles. The molecule has 1 amide bonds. The lowest BCUT2D eigenvalue weighted by molar-refractivity contribution is -0.117. The lowest BCUT2D eigenvalue weighted by atomic mass is 9.75. The Kier molecular flexibility index (Phi) is 7.67. The standard InChI is InChI=1S/C24H37N2O2P/c1-9-22(27)25-14-19-13-20(26-28-19)18-10-11-21(17(4)12-18)29-24(7,8)15-23(5,6)16(2)3/h9-12,16,19,29H,1,13-15H2,2-8H3,(H,25,27). The maximum absolute atomic E-state index is 11.3. The fraction of sp³-hybridized carbons (Fsp3) is 0.583. The second-order valence-corrected chi connectivity index (χ2v) is 11.9. The van der Waals surface area contributed by atoms with Gasteiger partial charge in [0.05, 0.1) is 12.3 Å². The van der Waals surface area contributed by atoms with Crippen LogP contribution in [0.3, 0.4) is 0 Å². The van der Waals surface area contributed by atoms with E-state index in [0.717, 1.165) is 19.9 Å². The Balaban J connectivity index is 2.02. The van der Waals surface area contributed by atoms with E-state index in [0.29, 0.717) is 24.3 Å². The van der Waals surface area contributed by atoms with Crippen LogP contribution in [0.25, 0.3) is 0 Å². The Morgan fingerprint density at radius 3 is 2.66 bits per heavy atom. The van der Waals surface area contributed by atoms with Gasteiger partial charge >= 0.3 is 0 Å². The third-order valence-electron chi connectivity index (χ3n) is 5.92. The Hall–Kier alpha value is -1.67. The van der Waals surface area contributed by atoms with E-state index in [9.17, 15) is 4.79 Å². The molecule has 2 atom stereocenters. The minimum atomic E-state index is -0.188. The van der Waals surface area contributed by atoms with Gasteiger partial charge in [-0.3, -0.25) is 4.79 Å². The number of aryl methyl sites for hydroxylation is 1. The smallest absolute Gasteiger partial charge is 0.243 e. The summed E-state index contributed by atoms with van der Waals surface area (Å²) in [6, 6.07) is 6.63. The van der Waals surface area contributed by atoms with Crippen LogP contribution in [0, 0.1) is 18.3 Å². The molecular formula is C24H37N2O2P. The number of benzene rings is 1. The molecule has 0 radical (unpaired) electrons. The fourth-order valence-corrected chi connectivity index (χ4v) is 5.44. The van der Waals surface area contributed by atoms with Gasteiger partial charge in [-0.05, 0) is 58.4 Å². The molecule has 2 unspecified atom stereocenters. The molecule has 1 aliphatic heterocycles. The van der Waals surface area contributed by atoms with Gasteiger partial charge < -0.3 is 10.2 Å². The molecule has 0 bridgehead atoms. The molecule has 1 aromatic carbocycles. The van der Waals surface area contributed by atoms with Crippen molar-refractivity contribution in [1.29, 1.82) is 0 Å². The van der Waals surface area contributed by atoms with E-state index in [-0.39, 0.29) is 17.2 Å². The average molecular weight is 417 g/mol. The van der Waals surface area contributed by atoms with Gasteiger partial charge in [-0.2, -0.15) is 0 Å². The van der Waals surface area contributed by atoms with Gasteiger partial charge in [0.25, 0.3) is 0 Å². The molecule has 1 N–H and O–H groups in total. The number of oxime groups is 1. The average Bonchev–Trinajstić information content (AvgIpc) is 3.09. The second-order valence-electron chi connectivity index (χ2n) is 9.78. The summed E-state index contributed by atoms with van der Waals surface area (Å²) < 4.78 is 0. The first-order chi connectivity index (χ1) is 13.4. The van der Waals surface area contributed by atoms with Crippen molar-refractivity contribution in [2.24, 2.45) is 16.5 Å². The van der Waals surface area contributed by atoms with Gasteiger partial charge in [0.1, 0.15) is 6.10 Å². The van der Waals surface area contributed by atoms with E-state index in [1.807, 2.05) is 0 Å². The van der Waals surface area contributed by atoms with Gasteiger partial charge in [-0.25, -0.2) is 0 Å². The molecule has 0 spiro atoms. The second kappa shape index (κ2) is 9.43. The monoisotopic (exact) mass is 416 g/mol. The Morgan fingerprint density at radius 2 is 2.07 bits per heavy atom. The van der Waals surface area contributed by atoms with Gasteiger partial charge in [0.2, 0.25) is 5.91 Å².